The lowest BCUT2D eigenvalue weighted by atomic mass is 10.2. The number of hydrazine groups is 1. The molecule has 0 fully saturated rings. The quantitative estimate of drug-likeness (QED) is 0.484. The zero-order valence-electron chi connectivity index (χ0n) is 15.2. The highest BCUT2D eigenvalue weighted by molar-refractivity contribution is 7.03. The first-order valence-electron chi connectivity index (χ1n) is 9.21. The minimum Gasteiger partial charge on any atom is -0.340 e. The number of anilines is 2. The summed E-state index contributed by atoms with van der Waals surface area (Å²) in [6, 6.07) is 22.3. The van der Waals surface area contributed by atoms with Crippen LogP contribution in [0.4, 0.5) is 11.6 Å². The van der Waals surface area contributed by atoms with Gasteiger partial charge in [-0.3, -0.25) is 0 Å². The Bertz CT molecular complexity index is 1310. The number of aromatic nitrogens is 4. The predicted octanol–water partition coefficient (Wildman–Crippen LogP) is 4.54. The van der Waals surface area contributed by atoms with E-state index in [1.165, 1.54) is 11.5 Å². The van der Waals surface area contributed by atoms with Gasteiger partial charge >= 0.3 is 0 Å². The average Bonchev–Trinajstić information content (AvgIpc) is 3.51. The second kappa shape index (κ2) is 6.39. The number of nitrogens with zero attached hydrogens (tertiary/aromatic N) is 6. The summed E-state index contributed by atoms with van der Waals surface area (Å²) < 4.78 is 4.04. The fourth-order valence-electron chi connectivity index (χ4n) is 3.63. The number of pyridine rings is 1. The van der Waals surface area contributed by atoms with Crippen LogP contribution in [0.2, 0.25) is 0 Å². The molecule has 1 aliphatic heterocycles. The molecule has 7 nitrogen and oxygen atoms in total. The van der Waals surface area contributed by atoms with Crippen molar-refractivity contribution >= 4 is 51.2 Å². The molecule has 4 heterocycles. The molecular weight excluding hydrogens is 382 g/mol. The molecule has 0 radical (unpaired) electrons. The van der Waals surface area contributed by atoms with E-state index >= 15 is 0 Å². The van der Waals surface area contributed by atoms with Gasteiger partial charge in [0.15, 0.2) is 5.82 Å². The van der Waals surface area contributed by atoms with Crippen molar-refractivity contribution < 1.29 is 0 Å². The van der Waals surface area contributed by atoms with Crippen molar-refractivity contribution in [1.82, 2.24) is 19.6 Å². The van der Waals surface area contributed by atoms with E-state index in [9.17, 15) is 0 Å². The van der Waals surface area contributed by atoms with Crippen LogP contribution in [0.5, 0.6) is 0 Å². The molecule has 0 bridgehead atoms. The Morgan fingerprint density at radius 3 is 2.66 bits per heavy atom. The summed E-state index contributed by atoms with van der Waals surface area (Å²) in [5, 5.41) is 17.0. The minimum atomic E-state index is -0.171. The van der Waals surface area contributed by atoms with Gasteiger partial charge in [0.2, 0.25) is 0 Å². The number of nitrogens with one attached hydrogen (secondary N) is 1. The number of para-hydroxylation sites is 2. The SMILES string of the molecule is C1=NN(c2ccc3ccccc3n2)N(c2cc3ccccc3[nH]2)C1c1csnn1. The summed E-state index contributed by atoms with van der Waals surface area (Å²) in [6.07, 6.45) is 1.87. The highest BCUT2D eigenvalue weighted by Gasteiger charge is 2.34. The second-order valence-electron chi connectivity index (χ2n) is 6.78. The number of rotatable bonds is 3. The van der Waals surface area contributed by atoms with E-state index in [2.05, 4.69) is 55.0 Å². The average molecular weight is 397 g/mol. The molecule has 0 amide bonds. The second-order valence-corrected chi connectivity index (χ2v) is 7.39. The summed E-state index contributed by atoms with van der Waals surface area (Å²) in [5.74, 6) is 1.65. The monoisotopic (exact) mass is 397 g/mol. The minimum absolute atomic E-state index is 0.171. The standard InChI is InChI=1S/C21H15N7S/c1-3-7-16-14(5-1)9-10-20(23-16)28-22-12-19(18-13-29-26-25-18)27(28)21-11-15-6-2-4-8-17(15)24-21/h1-13,19,24H. The molecule has 0 spiro atoms. The smallest absolute Gasteiger partial charge is 0.172 e. The van der Waals surface area contributed by atoms with Crippen molar-refractivity contribution in [3.8, 4) is 0 Å². The van der Waals surface area contributed by atoms with Gasteiger partial charge in [0.1, 0.15) is 17.6 Å². The zero-order valence-corrected chi connectivity index (χ0v) is 16.0. The fourth-order valence-corrected chi connectivity index (χ4v) is 4.12. The van der Waals surface area contributed by atoms with Crippen LogP contribution in [0, 0.1) is 0 Å². The van der Waals surface area contributed by atoms with E-state index in [0.717, 1.165) is 39.1 Å². The third-order valence-corrected chi connectivity index (χ3v) is 5.54. The van der Waals surface area contributed by atoms with Crippen LogP contribution in [-0.2, 0) is 0 Å². The van der Waals surface area contributed by atoms with Gasteiger partial charge in [0.25, 0.3) is 0 Å². The van der Waals surface area contributed by atoms with Crippen LogP contribution in [0.3, 0.4) is 0 Å². The molecule has 0 saturated heterocycles. The van der Waals surface area contributed by atoms with Gasteiger partial charge in [0.05, 0.1) is 11.7 Å². The van der Waals surface area contributed by atoms with Crippen molar-refractivity contribution in [1.29, 1.82) is 0 Å². The topological polar surface area (TPSA) is 73.3 Å². The van der Waals surface area contributed by atoms with Gasteiger partial charge in [-0.1, -0.05) is 40.9 Å². The van der Waals surface area contributed by atoms with E-state index < -0.39 is 0 Å². The summed E-state index contributed by atoms with van der Waals surface area (Å²) in [7, 11) is 0. The van der Waals surface area contributed by atoms with Gasteiger partial charge in [-0.2, -0.15) is 10.2 Å². The lowest BCUT2D eigenvalue weighted by Gasteiger charge is -2.30. The predicted molar refractivity (Wildman–Crippen MR) is 116 cm³/mol. The van der Waals surface area contributed by atoms with Gasteiger partial charge in [0, 0.05) is 21.7 Å². The number of benzene rings is 2. The Morgan fingerprint density at radius 2 is 1.79 bits per heavy atom. The van der Waals surface area contributed by atoms with Crippen LogP contribution in [0.25, 0.3) is 21.8 Å². The lowest BCUT2D eigenvalue weighted by Crippen LogP contribution is -2.38. The van der Waals surface area contributed by atoms with E-state index in [1.54, 1.807) is 0 Å². The summed E-state index contributed by atoms with van der Waals surface area (Å²) in [5.41, 5.74) is 2.84. The van der Waals surface area contributed by atoms with Crippen LogP contribution in [0.15, 0.2) is 77.2 Å². The molecule has 29 heavy (non-hydrogen) atoms. The van der Waals surface area contributed by atoms with E-state index in [0.29, 0.717) is 0 Å². The number of hydrazone groups is 1. The Morgan fingerprint density at radius 1 is 0.931 bits per heavy atom. The van der Waals surface area contributed by atoms with Crippen LogP contribution in [-0.4, -0.2) is 25.8 Å². The zero-order chi connectivity index (χ0) is 19.2. The van der Waals surface area contributed by atoms with Crippen LogP contribution >= 0.6 is 11.5 Å². The molecule has 3 aromatic heterocycles. The van der Waals surface area contributed by atoms with Gasteiger partial charge in [-0.05, 0) is 41.9 Å². The molecule has 1 N–H and O–H groups in total. The molecular formula is C21H15N7S. The normalized spacial score (nSPS) is 16.3. The molecule has 6 rings (SSSR count). The summed E-state index contributed by atoms with van der Waals surface area (Å²) in [4.78, 5) is 8.32. The van der Waals surface area contributed by atoms with Crippen molar-refractivity contribution in [2.45, 2.75) is 6.04 Å². The van der Waals surface area contributed by atoms with Gasteiger partial charge in [-0.15, -0.1) is 5.10 Å². The van der Waals surface area contributed by atoms with Crippen LogP contribution < -0.4 is 10.1 Å². The molecule has 8 heteroatoms. The number of H-pyrrole nitrogens is 1. The summed E-state index contributed by atoms with van der Waals surface area (Å²) in [6.45, 7) is 0. The maximum atomic E-state index is 4.83. The molecule has 1 unspecified atom stereocenters. The van der Waals surface area contributed by atoms with E-state index in [4.69, 9.17) is 4.98 Å². The largest absolute Gasteiger partial charge is 0.340 e. The summed E-state index contributed by atoms with van der Waals surface area (Å²) >= 11 is 1.33. The van der Waals surface area contributed by atoms with Crippen molar-refractivity contribution in [2.24, 2.45) is 5.10 Å². The van der Waals surface area contributed by atoms with Crippen LogP contribution in [0.1, 0.15) is 11.7 Å². The highest BCUT2D eigenvalue weighted by atomic mass is 32.1. The van der Waals surface area contributed by atoms with Gasteiger partial charge < -0.3 is 4.98 Å². The van der Waals surface area contributed by atoms with Gasteiger partial charge in [-0.25, -0.2) is 9.99 Å². The van der Waals surface area contributed by atoms with E-state index in [1.807, 2.05) is 53.1 Å². The van der Waals surface area contributed by atoms with Crippen molar-refractivity contribution in [3.63, 3.8) is 0 Å². The number of fused-ring (bicyclic) bond motifs is 2. The third-order valence-electron chi connectivity index (χ3n) is 5.02. The number of hydrogen-bond acceptors (Lipinski definition) is 7. The first-order valence-corrected chi connectivity index (χ1v) is 10.0. The third kappa shape index (κ3) is 2.65. The lowest BCUT2D eigenvalue weighted by molar-refractivity contribution is 0.726. The molecule has 1 aliphatic rings. The number of hydrogen-bond donors (Lipinski definition) is 1. The van der Waals surface area contributed by atoms with Crippen molar-refractivity contribution in [2.75, 3.05) is 10.1 Å². The molecule has 2 aromatic carbocycles. The Hall–Kier alpha value is -3.78. The van der Waals surface area contributed by atoms with Crippen molar-refractivity contribution in [3.05, 3.63) is 77.8 Å². The number of aromatic amines is 1. The Kier molecular flexibility index (Phi) is 3.57. The molecule has 5 aromatic rings. The first-order chi connectivity index (χ1) is 14.4. The fraction of sp³-hybridized carbons (Fsp3) is 0.0476. The first kappa shape index (κ1) is 16.2. The highest BCUT2D eigenvalue weighted by Crippen LogP contribution is 2.35. The van der Waals surface area contributed by atoms with E-state index in [-0.39, 0.29) is 6.04 Å². The molecule has 0 saturated carbocycles. The maximum absolute atomic E-state index is 4.83. The Balaban J connectivity index is 1.49. The molecule has 140 valence electrons. The molecule has 1 atom stereocenters. The Labute approximate surface area is 170 Å². The molecule has 0 aliphatic carbocycles. The maximum Gasteiger partial charge on any atom is 0.172 e.